The fourth-order valence-electron chi connectivity index (χ4n) is 1.35. The Morgan fingerprint density at radius 3 is 2.38 bits per heavy atom. The quantitative estimate of drug-likeness (QED) is 0.378. The number of benzene rings is 1. The molecule has 0 aromatic heterocycles. The van der Waals surface area contributed by atoms with Gasteiger partial charge in [0.25, 0.3) is 0 Å². The molecule has 4 heteroatoms. The van der Waals surface area contributed by atoms with Crippen LogP contribution in [0.1, 0.15) is 22.3 Å². The molecule has 16 heavy (non-hydrogen) atoms. The van der Waals surface area contributed by atoms with Crippen molar-refractivity contribution in [2.75, 3.05) is 7.11 Å². The number of hydrogen-bond donors (Lipinski definition) is 0. The van der Waals surface area contributed by atoms with Crippen molar-refractivity contribution in [1.82, 2.24) is 0 Å². The molecule has 0 fully saturated rings. The predicted octanol–water partition coefficient (Wildman–Crippen LogP) is 3.95. The van der Waals surface area contributed by atoms with E-state index < -0.39 is 0 Å². The minimum absolute atomic E-state index is 0.133. The van der Waals surface area contributed by atoms with Gasteiger partial charge in [0.1, 0.15) is 12.0 Å². The monoisotopic (exact) mass is 444 g/mol. The van der Waals surface area contributed by atoms with Crippen molar-refractivity contribution in [3.05, 3.63) is 29.8 Å². The van der Waals surface area contributed by atoms with Gasteiger partial charge in [-0.05, 0) is 30.5 Å². The van der Waals surface area contributed by atoms with E-state index in [9.17, 15) is 4.79 Å². The highest BCUT2D eigenvalue weighted by atomic mass is 127. The fraction of sp³-hybridized carbons (Fsp3) is 0.417. The highest BCUT2D eigenvalue weighted by Crippen LogP contribution is 2.30. The normalized spacial score (nSPS) is 14.2. The lowest BCUT2D eigenvalue weighted by molar-refractivity contribution is -0.107. The van der Waals surface area contributed by atoms with Gasteiger partial charge in [-0.25, -0.2) is 0 Å². The topological polar surface area (TPSA) is 26.3 Å². The summed E-state index contributed by atoms with van der Waals surface area (Å²) in [5, 5.41) is 0. The summed E-state index contributed by atoms with van der Waals surface area (Å²) in [6.45, 7) is 0. The van der Waals surface area contributed by atoms with Crippen LogP contribution in [0.15, 0.2) is 24.3 Å². The average molecular weight is 444 g/mol. The molecule has 2 nitrogen and oxygen atoms in total. The lowest BCUT2D eigenvalue weighted by Gasteiger charge is -2.11. The van der Waals surface area contributed by atoms with Gasteiger partial charge in [0.05, 0.1) is 11.0 Å². The highest BCUT2D eigenvalue weighted by Gasteiger charge is 2.10. The van der Waals surface area contributed by atoms with Gasteiger partial charge in [0.2, 0.25) is 0 Å². The summed E-state index contributed by atoms with van der Waals surface area (Å²) in [6.07, 6.45) is 2.97. The van der Waals surface area contributed by atoms with E-state index >= 15 is 0 Å². The van der Waals surface area contributed by atoms with Gasteiger partial charge in [0, 0.05) is 3.92 Å². The first kappa shape index (κ1) is 14.2. The maximum absolute atomic E-state index is 10.5. The van der Waals surface area contributed by atoms with Crippen LogP contribution in [0, 0.1) is 0 Å². The maximum Gasteiger partial charge on any atom is 0.132 e. The van der Waals surface area contributed by atoms with Crippen LogP contribution in [0.5, 0.6) is 5.75 Å². The molecule has 0 amide bonds. The molecule has 0 heterocycles. The Kier molecular flexibility index (Phi) is 6.64. The number of methoxy groups -OCH3 is 1. The standard InChI is InChI=1S/C12H14I2O2/c1-16-11-5-2-9(3-6-11)12(14)7-4-10(13)8-15/h2-3,5-6,8,10,12H,4,7H2,1H3. The van der Waals surface area contributed by atoms with Crippen molar-refractivity contribution >= 4 is 51.5 Å². The molecule has 0 aliphatic rings. The number of rotatable bonds is 6. The lowest BCUT2D eigenvalue weighted by atomic mass is 10.1. The zero-order valence-corrected chi connectivity index (χ0v) is 13.3. The van der Waals surface area contributed by atoms with E-state index in [1.807, 2.05) is 12.1 Å². The summed E-state index contributed by atoms with van der Waals surface area (Å²) in [5.74, 6) is 0.881. The Hall–Kier alpha value is 0.150. The van der Waals surface area contributed by atoms with Crippen LogP contribution in [0.25, 0.3) is 0 Å². The third kappa shape index (κ3) is 4.57. The molecule has 0 saturated heterocycles. The zero-order chi connectivity index (χ0) is 12.0. The van der Waals surface area contributed by atoms with E-state index in [2.05, 4.69) is 57.3 Å². The Balaban J connectivity index is 2.52. The van der Waals surface area contributed by atoms with Crippen LogP contribution >= 0.6 is 45.2 Å². The van der Waals surface area contributed by atoms with Crippen molar-refractivity contribution in [1.29, 1.82) is 0 Å². The van der Waals surface area contributed by atoms with Crippen LogP contribution in [0.4, 0.5) is 0 Å². The van der Waals surface area contributed by atoms with Crippen LogP contribution < -0.4 is 4.74 Å². The first-order chi connectivity index (χ1) is 7.67. The number of ether oxygens (including phenoxy) is 1. The number of halogens is 2. The molecule has 0 radical (unpaired) electrons. The second-order valence-electron chi connectivity index (χ2n) is 3.47. The molecule has 88 valence electrons. The van der Waals surface area contributed by atoms with Gasteiger partial charge < -0.3 is 9.53 Å². The van der Waals surface area contributed by atoms with E-state index in [1.54, 1.807) is 7.11 Å². The van der Waals surface area contributed by atoms with Gasteiger partial charge in [-0.3, -0.25) is 0 Å². The molecule has 0 bridgehead atoms. The largest absolute Gasteiger partial charge is 0.497 e. The maximum atomic E-state index is 10.5. The van der Waals surface area contributed by atoms with Crippen molar-refractivity contribution < 1.29 is 9.53 Å². The van der Waals surface area contributed by atoms with Crippen molar-refractivity contribution in [3.63, 3.8) is 0 Å². The number of aldehydes is 1. The van der Waals surface area contributed by atoms with Crippen molar-refractivity contribution in [2.24, 2.45) is 0 Å². The van der Waals surface area contributed by atoms with Gasteiger partial charge in [-0.15, -0.1) is 0 Å². The van der Waals surface area contributed by atoms with Gasteiger partial charge in [-0.2, -0.15) is 0 Å². The van der Waals surface area contributed by atoms with E-state index in [1.165, 1.54) is 5.56 Å². The summed E-state index contributed by atoms with van der Waals surface area (Å²) in [6, 6.07) is 8.11. The molecular formula is C12H14I2O2. The summed E-state index contributed by atoms with van der Waals surface area (Å²) in [4.78, 5) is 10.5. The average Bonchev–Trinajstić information content (AvgIpc) is 2.35. The molecular weight excluding hydrogens is 430 g/mol. The van der Waals surface area contributed by atoms with Crippen LogP contribution in [0.3, 0.4) is 0 Å². The van der Waals surface area contributed by atoms with Gasteiger partial charge >= 0.3 is 0 Å². The van der Waals surface area contributed by atoms with Gasteiger partial charge in [-0.1, -0.05) is 57.3 Å². The van der Waals surface area contributed by atoms with E-state index in [0.717, 1.165) is 24.9 Å². The second-order valence-corrected chi connectivity index (χ2v) is 6.57. The molecule has 0 N–H and O–H groups in total. The SMILES string of the molecule is COc1ccc(C(I)CCC(I)C=O)cc1. The summed E-state index contributed by atoms with van der Waals surface area (Å²) < 4.78 is 5.71. The zero-order valence-electron chi connectivity index (χ0n) is 9.03. The molecule has 1 aromatic carbocycles. The van der Waals surface area contributed by atoms with Crippen molar-refractivity contribution in [2.45, 2.75) is 20.7 Å². The highest BCUT2D eigenvalue weighted by molar-refractivity contribution is 14.1. The predicted molar refractivity (Wildman–Crippen MR) is 82.9 cm³/mol. The Bertz CT molecular complexity index is 324. The van der Waals surface area contributed by atoms with Crippen molar-refractivity contribution in [3.8, 4) is 5.75 Å². The first-order valence-electron chi connectivity index (χ1n) is 5.04. The van der Waals surface area contributed by atoms with E-state index in [0.29, 0.717) is 3.92 Å². The van der Waals surface area contributed by atoms with E-state index in [4.69, 9.17) is 4.74 Å². The van der Waals surface area contributed by atoms with Crippen LogP contribution in [0.2, 0.25) is 0 Å². The molecule has 1 rings (SSSR count). The van der Waals surface area contributed by atoms with Gasteiger partial charge in [0.15, 0.2) is 0 Å². The molecule has 0 saturated carbocycles. The number of hydrogen-bond acceptors (Lipinski definition) is 2. The van der Waals surface area contributed by atoms with Crippen LogP contribution in [-0.4, -0.2) is 17.3 Å². The number of carbonyl (C=O) groups excluding carboxylic acids is 1. The molecule has 0 aliphatic carbocycles. The summed E-state index contributed by atoms with van der Waals surface area (Å²) in [5.41, 5.74) is 1.29. The molecule has 1 aromatic rings. The Morgan fingerprint density at radius 1 is 1.25 bits per heavy atom. The fourth-order valence-corrected chi connectivity index (χ4v) is 2.49. The van der Waals surface area contributed by atoms with Crippen LogP contribution in [-0.2, 0) is 4.79 Å². The third-order valence-corrected chi connectivity index (χ3v) is 4.58. The Morgan fingerprint density at radius 2 is 1.88 bits per heavy atom. The number of carbonyl (C=O) groups is 1. The summed E-state index contributed by atoms with van der Waals surface area (Å²) >= 11 is 4.60. The second kappa shape index (κ2) is 7.47. The molecule has 2 atom stereocenters. The molecule has 2 unspecified atom stereocenters. The lowest BCUT2D eigenvalue weighted by Crippen LogP contribution is -2.00. The number of alkyl halides is 2. The summed E-state index contributed by atoms with van der Waals surface area (Å²) in [7, 11) is 1.67. The minimum atomic E-state index is 0.133. The minimum Gasteiger partial charge on any atom is -0.497 e. The first-order valence-corrected chi connectivity index (χ1v) is 7.54. The Labute approximate surface area is 123 Å². The molecule has 0 spiro atoms. The molecule has 0 aliphatic heterocycles. The van der Waals surface area contributed by atoms with E-state index in [-0.39, 0.29) is 3.92 Å². The third-order valence-electron chi connectivity index (χ3n) is 2.32. The smallest absolute Gasteiger partial charge is 0.132 e.